The van der Waals surface area contributed by atoms with Gasteiger partial charge >= 0.3 is 5.97 Å². The van der Waals surface area contributed by atoms with Gasteiger partial charge in [-0.15, -0.1) is 11.3 Å². The summed E-state index contributed by atoms with van der Waals surface area (Å²) in [6, 6.07) is 10.1. The quantitative estimate of drug-likeness (QED) is 0.326. The number of nitrogens with zero attached hydrogens (tertiary/aromatic N) is 1. The fraction of sp³-hybridized carbons (Fsp3) is 0.200. The van der Waals surface area contributed by atoms with Crippen molar-refractivity contribution in [2.45, 2.75) is 26.7 Å². The van der Waals surface area contributed by atoms with Crippen molar-refractivity contribution in [2.24, 2.45) is 0 Å². The third-order valence-corrected chi connectivity index (χ3v) is 6.08. The zero-order valence-corrected chi connectivity index (χ0v) is 19.9. The minimum Gasteiger partial charge on any atom is -0.462 e. The van der Waals surface area contributed by atoms with Crippen LogP contribution in [0.25, 0.3) is 10.2 Å². The van der Waals surface area contributed by atoms with Crippen molar-refractivity contribution in [3.63, 3.8) is 0 Å². The molecule has 2 N–H and O–H groups in total. The van der Waals surface area contributed by atoms with Gasteiger partial charge in [0.1, 0.15) is 4.83 Å². The summed E-state index contributed by atoms with van der Waals surface area (Å²) in [4.78, 5) is 43.9. The van der Waals surface area contributed by atoms with Crippen LogP contribution in [-0.4, -0.2) is 28.5 Å². The minimum absolute atomic E-state index is 0.0674. The van der Waals surface area contributed by atoms with E-state index in [1.54, 1.807) is 36.6 Å². The number of halogens is 2. The van der Waals surface area contributed by atoms with Gasteiger partial charge in [-0.3, -0.25) is 9.59 Å². The van der Waals surface area contributed by atoms with Gasteiger partial charge in [-0.05, 0) is 47.7 Å². The SMILES string of the molecule is CCOC(=O)c1ccc(COCc2csc3nc(C(=O)NCc4ccc(F)c(F)c4)[nH]c(=O)c23)cc1. The van der Waals surface area contributed by atoms with E-state index in [0.717, 1.165) is 17.7 Å². The second-order valence-electron chi connectivity index (χ2n) is 7.70. The molecule has 0 spiro atoms. The maximum Gasteiger partial charge on any atom is 0.338 e. The van der Waals surface area contributed by atoms with E-state index in [9.17, 15) is 23.2 Å². The first-order chi connectivity index (χ1) is 17.4. The number of thiophene rings is 1. The number of esters is 1. The number of ether oxygens (including phenoxy) is 2. The van der Waals surface area contributed by atoms with E-state index in [1.165, 1.54) is 17.4 Å². The number of fused-ring (bicyclic) bond motifs is 1. The Kier molecular flexibility index (Phi) is 7.81. The normalized spacial score (nSPS) is 11.0. The summed E-state index contributed by atoms with van der Waals surface area (Å²) >= 11 is 1.20. The van der Waals surface area contributed by atoms with Gasteiger partial charge in [0.25, 0.3) is 11.5 Å². The highest BCUT2D eigenvalue weighted by molar-refractivity contribution is 7.16. The lowest BCUT2D eigenvalue weighted by molar-refractivity contribution is 0.0526. The number of H-pyrrole nitrogens is 1. The number of carbonyl (C=O) groups is 2. The van der Waals surface area contributed by atoms with Gasteiger partial charge in [-0.2, -0.15) is 0 Å². The van der Waals surface area contributed by atoms with E-state index >= 15 is 0 Å². The largest absolute Gasteiger partial charge is 0.462 e. The van der Waals surface area contributed by atoms with E-state index < -0.39 is 23.1 Å². The van der Waals surface area contributed by atoms with Crippen LogP contribution in [0.2, 0.25) is 0 Å². The lowest BCUT2D eigenvalue weighted by Crippen LogP contribution is -2.27. The van der Waals surface area contributed by atoms with Gasteiger partial charge in [0.05, 0.1) is 30.8 Å². The Balaban J connectivity index is 1.38. The molecule has 11 heteroatoms. The zero-order chi connectivity index (χ0) is 25.7. The number of hydrogen-bond donors (Lipinski definition) is 2. The topological polar surface area (TPSA) is 110 Å². The number of rotatable bonds is 9. The van der Waals surface area contributed by atoms with Crippen LogP contribution < -0.4 is 10.9 Å². The monoisotopic (exact) mass is 513 g/mol. The van der Waals surface area contributed by atoms with Crippen LogP contribution in [-0.2, 0) is 29.2 Å². The molecule has 2 aromatic heterocycles. The number of carbonyl (C=O) groups excluding carboxylic acids is 2. The third-order valence-electron chi connectivity index (χ3n) is 5.16. The molecule has 186 valence electrons. The molecule has 2 heterocycles. The molecule has 0 unspecified atom stereocenters. The molecule has 4 aromatic rings. The van der Waals surface area contributed by atoms with Crippen LogP contribution in [0.15, 0.2) is 52.6 Å². The van der Waals surface area contributed by atoms with Crippen LogP contribution >= 0.6 is 11.3 Å². The summed E-state index contributed by atoms with van der Waals surface area (Å²) in [6.07, 6.45) is 0. The molecule has 36 heavy (non-hydrogen) atoms. The van der Waals surface area contributed by atoms with E-state index in [4.69, 9.17) is 9.47 Å². The molecule has 0 fully saturated rings. The number of aromatic amines is 1. The molecule has 4 rings (SSSR count). The Morgan fingerprint density at radius 1 is 1.06 bits per heavy atom. The number of aromatic nitrogens is 2. The van der Waals surface area contributed by atoms with E-state index in [0.29, 0.717) is 33.5 Å². The first-order valence-corrected chi connectivity index (χ1v) is 11.8. The van der Waals surface area contributed by atoms with Gasteiger partial charge < -0.3 is 19.8 Å². The molecule has 8 nitrogen and oxygen atoms in total. The van der Waals surface area contributed by atoms with Crippen molar-refractivity contribution in [1.82, 2.24) is 15.3 Å². The van der Waals surface area contributed by atoms with E-state index in [-0.39, 0.29) is 31.6 Å². The molecule has 0 saturated carbocycles. The van der Waals surface area contributed by atoms with Gasteiger partial charge in [0.2, 0.25) is 5.82 Å². The van der Waals surface area contributed by atoms with Crippen molar-refractivity contribution in [3.8, 4) is 0 Å². The summed E-state index contributed by atoms with van der Waals surface area (Å²) in [7, 11) is 0. The zero-order valence-electron chi connectivity index (χ0n) is 19.1. The molecule has 2 aromatic carbocycles. The highest BCUT2D eigenvalue weighted by Gasteiger charge is 2.16. The Morgan fingerprint density at radius 2 is 1.81 bits per heavy atom. The summed E-state index contributed by atoms with van der Waals surface area (Å²) in [5.41, 5.74) is 1.79. The van der Waals surface area contributed by atoms with Crippen LogP contribution in [0.4, 0.5) is 8.78 Å². The number of benzene rings is 2. The molecule has 0 aliphatic rings. The molecule has 0 atom stereocenters. The fourth-order valence-corrected chi connectivity index (χ4v) is 4.29. The maximum atomic E-state index is 13.3. The lowest BCUT2D eigenvalue weighted by Gasteiger charge is -2.06. The third kappa shape index (κ3) is 5.81. The summed E-state index contributed by atoms with van der Waals surface area (Å²) in [5, 5.41) is 4.59. The second kappa shape index (κ2) is 11.2. The number of hydrogen-bond acceptors (Lipinski definition) is 7. The highest BCUT2D eigenvalue weighted by Crippen LogP contribution is 2.22. The van der Waals surface area contributed by atoms with Gasteiger partial charge in [-0.25, -0.2) is 18.6 Å². The van der Waals surface area contributed by atoms with Crippen molar-refractivity contribution in [3.05, 3.63) is 97.9 Å². The number of amides is 1. The number of nitrogens with one attached hydrogen (secondary N) is 2. The molecule has 0 bridgehead atoms. The lowest BCUT2D eigenvalue weighted by atomic mass is 10.1. The van der Waals surface area contributed by atoms with Gasteiger partial charge in [0.15, 0.2) is 11.6 Å². The van der Waals surface area contributed by atoms with Crippen molar-refractivity contribution < 1.29 is 27.8 Å². The second-order valence-corrected chi connectivity index (χ2v) is 8.56. The van der Waals surface area contributed by atoms with Crippen LogP contribution in [0.5, 0.6) is 0 Å². The highest BCUT2D eigenvalue weighted by atomic mass is 32.1. The van der Waals surface area contributed by atoms with Gasteiger partial charge in [-0.1, -0.05) is 18.2 Å². The van der Waals surface area contributed by atoms with Crippen LogP contribution in [0.1, 0.15) is 44.6 Å². The molecule has 0 radical (unpaired) electrons. The average molecular weight is 514 g/mol. The minimum atomic E-state index is -1.02. The smallest absolute Gasteiger partial charge is 0.338 e. The molecular formula is C25H21F2N3O5S. The predicted octanol–water partition coefficient (Wildman–Crippen LogP) is 4.09. The van der Waals surface area contributed by atoms with Crippen LogP contribution in [0.3, 0.4) is 0 Å². The molecule has 0 aliphatic heterocycles. The maximum absolute atomic E-state index is 13.3. The molecule has 1 amide bonds. The average Bonchev–Trinajstić information content (AvgIpc) is 3.28. The standard InChI is InChI=1S/C25H21F2N3O5S/c1-2-35-25(33)16-6-3-14(4-7-16)11-34-12-17-13-36-24-20(17)22(31)29-21(30-24)23(32)28-10-15-5-8-18(26)19(27)9-15/h3-9,13H,2,10-12H2,1H3,(H,28,32)(H,29,30,31). The molecule has 0 saturated heterocycles. The first kappa shape index (κ1) is 25.1. The van der Waals surface area contributed by atoms with Gasteiger partial charge in [0, 0.05) is 12.1 Å². The Hall–Kier alpha value is -3.96. The van der Waals surface area contributed by atoms with Crippen molar-refractivity contribution in [2.75, 3.05) is 6.61 Å². The Bertz CT molecular complexity index is 1470. The summed E-state index contributed by atoms with van der Waals surface area (Å²) < 4.78 is 37.1. The van der Waals surface area contributed by atoms with E-state index in [1.807, 2.05) is 0 Å². The van der Waals surface area contributed by atoms with Crippen molar-refractivity contribution >= 4 is 33.4 Å². The fourth-order valence-electron chi connectivity index (χ4n) is 3.37. The van der Waals surface area contributed by atoms with Crippen molar-refractivity contribution in [1.29, 1.82) is 0 Å². The first-order valence-electron chi connectivity index (χ1n) is 10.9. The Labute approximate surface area is 207 Å². The van der Waals surface area contributed by atoms with Crippen LogP contribution in [0, 0.1) is 11.6 Å². The predicted molar refractivity (Wildman–Crippen MR) is 129 cm³/mol. The summed E-state index contributed by atoms with van der Waals surface area (Å²) in [6.45, 7) is 2.38. The Morgan fingerprint density at radius 3 is 2.53 bits per heavy atom. The molecule has 0 aliphatic carbocycles. The van der Waals surface area contributed by atoms with E-state index in [2.05, 4.69) is 15.3 Å². The summed E-state index contributed by atoms with van der Waals surface area (Å²) in [5.74, 6) is -3.23. The molecular weight excluding hydrogens is 492 g/mol.